The van der Waals surface area contributed by atoms with Gasteiger partial charge in [0.1, 0.15) is 5.76 Å². The lowest BCUT2D eigenvalue weighted by Gasteiger charge is -2.14. The number of methoxy groups -OCH3 is 3. The van der Waals surface area contributed by atoms with Crippen LogP contribution in [0.4, 0.5) is 0 Å². The molecule has 1 aromatic carbocycles. The minimum Gasteiger partial charge on any atom is -0.493 e. The largest absolute Gasteiger partial charge is 0.493 e. The standard InChI is InChI=1S/C17H22N2O5/c1-10-13(11(2)24-19-10)6-7-18-17(20)12-8-14(21-3)16(23-5)15(9-12)22-4/h8-9H,6-7H2,1-5H3,(H,18,20). The number of nitrogens with zero attached hydrogens (tertiary/aromatic N) is 1. The second-order valence-corrected chi connectivity index (χ2v) is 5.22. The maximum atomic E-state index is 12.4. The van der Waals surface area contributed by atoms with Crippen molar-refractivity contribution in [2.24, 2.45) is 0 Å². The fourth-order valence-electron chi connectivity index (χ4n) is 2.47. The summed E-state index contributed by atoms with van der Waals surface area (Å²) in [6.45, 7) is 4.21. The number of hydrogen-bond donors (Lipinski definition) is 1. The lowest BCUT2D eigenvalue weighted by Crippen LogP contribution is -2.26. The highest BCUT2D eigenvalue weighted by Gasteiger charge is 2.17. The molecule has 0 unspecified atom stereocenters. The SMILES string of the molecule is COc1cc(C(=O)NCCc2c(C)noc2C)cc(OC)c1OC. The summed E-state index contributed by atoms with van der Waals surface area (Å²) in [5.74, 6) is 1.88. The van der Waals surface area contributed by atoms with Crippen LogP contribution < -0.4 is 19.5 Å². The number of hydrogen-bond acceptors (Lipinski definition) is 6. The van der Waals surface area contributed by atoms with E-state index in [1.54, 1.807) is 12.1 Å². The van der Waals surface area contributed by atoms with Gasteiger partial charge in [-0.3, -0.25) is 4.79 Å². The Morgan fingerprint density at radius 2 is 1.75 bits per heavy atom. The summed E-state index contributed by atoms with van der Waals surface area (Å²) in [7, 11) is 4.54. The van der Waals surface area contributed by atoms with Crippen LogP contribution in [0, 0.1) is 13.8 Å². The number of aryl methyl sites for hydroxylation is 2. The quantitative estimate of drug-likeness (QED) is 0.836. The third kappa shape index (κ3) is 3.61. The van der Waals surface area contributed by atoms with Gasteiger partial charge in [-0.1, -0.05) is 5.16 Å². The van der Waals surface area contributed by atoms with Gasteiger partial charge in [-0.2, -0.15) is 0 Å². The number of ether oxygens (including phenoxy) is 3. The molecule has 1 aromatic heterocycles. The monoisotopic (exact) mass is 334 g/mol. The lowest BCUT2D eigenvalue weighted by molar-refractivity contribution is 0.0953. The molecule has 1 amide bonds. The normalized spacial score (nSPS) is 10.4. The molecule has 0 fully saturated rings. The Kier molecular flexibility index (Phi) is 5.68. The van der Waals surface area contributed by atoms with Crippen LogP contribution in [0.3, 0.4) is 0 Å². The average Bonchev–Trinajstić information content (AvgIpc) is 2.91. The highest BCUT2D eigenvalue weighted by molar-refractivity contribution is 5.95. The number of carbonyl (C=O) groups is 1. The fourth-order valence-corrected chi connectivity index (χ4v) is 2.47. The minimum absolute atomic E-state index is 0.221. The molecule has 0 radical (unpaired) electrons. The highest BCUT2D eigenvalue weighted by Crippen LogP contribution is 2.38. The van der Waals surface area contributed by atoms with Gasteiger partial charge >= 0.3 is 0 Å². The topological polar surface area (TPSA) is 82.8 Å². The number of carbonyl (C=O) groups excluding carboxylic acids is 1. The molecule has 0 aliphatic carbocycles. The molecule has 2 aromatic rings. The molecule has 1 N–H and O–H groups in total. The Balaban J connectivity index is 2.09. The van der Waals surface area contributed by atoms with E-state index in [9.17, 15) is 4.79 Å². The second-order valence-electron chi connectivity index (χ2n) is 5.22. The Morgan fingerprint density at radius 3 is 2.21 bits per heavy atom. The van der Waals surface area contributed by atoms with Crippen LogP contribution in [0.25, 0.3) is 0 Å². The smallest absolute Gasteiger partial charge is 0.251 e. The molecule has 0 bridgehead atoms. The first-order chi connectivity index (χ1) is 11.5. The van der Waals surface area contributed by atoms with Gasteiger partial charge in [-0.05, 0) is 32.4 Å². The Morgan fingerprint density at radius 1 is 1.12 bits per heavy atom. The molecule has 7 nitrogen and oxygen atoms in total. The highest BCUT2D eigenvalue weighted by atomic mass is 16.5. The lowest BCUT2D eigenvalue weighted by atomic mass is 10.1. The van der Waals surface area contributed by atoms with Gasteiger partial charge in [-0.25, -0.2) is 0 Å². The molecule has 0 spiro atoms. The van der Waals surface area contributed by atoms with Gasteiger partial charge in [0.2, 0.25) is 5.75 Å². The van der Waals surface area contributed by atoms with Gasteiger partial charge in [0.15, 0.2) is 11.5 Å². The van der Waals surface area contributed by atoms with Crippen LogP contribution >= 0.6 is 0 Å². The summed E-state index contributed by atoms with van der Waals surface area (Å²) in [4.78, 5) is 12.4. The van der Waals surface area contributed by atoms with Crippen molar-refractivity contribution in [3.05, 3.63) is 34.7 Å². The van der Waals surface area contributed by atoms with Crippen LogP contribution in [0.1, 0.15) is 27.4 Å². The van der Waals surface area contributed by atoms with Crippen molar-refractivity contribution >= 4 is 5.91 Å². The first-order valence-corrected chi connectivity index (χ1v) is 7.51. The minimum atomic E-state index is -0.221. The zero-order valence-corrected chi connectivity index (χ0v) is 14.6. The molecule has 0 saturated carbocycles. The molecule has 24 heavy (non-hydrogen) atoms. The molecule has 1 heterocycles. The van der Waals surface area contributed by atoms with Crippen molar-refractivity contribution in [3.8, 4) is 17.2 Å². The van der Waals surface area contributed by atoms with E-state index in [2.05, 4.69) is 10.5 Å². The Hall–Kier alpha value is -2.70. The Bertz CT molecular complexity index is 679. The van der Waals surface area contributed by atoms with Crippen LogP contribution in [0.15, 0.2) is 16.7 Å². The molecule has 2 rings (SSSR count). The first-order valence-electron chi connectivity index (χ1n) is 7.51. The van der Waals surface area contributed by atoms with Gasteiger partial charge < -0.3 is 24.1 Å². The van der Waals surface area contributed by atoms with E-state index in [-0.39, 0.29) is 5.91 Å². The predicted octanol–water partition coefficient (Wildman–Crippen LogP) is 2.29. The zero-order valence-electron chi connectivity index (χ0n) is 14.6. The fraction of sp³-hybridized carbons (Fsp3) is 0.412. The van der Waals surface area contributed by atoms with Gasteiger partial charge in [-0.15, -0.1) is 0 Å². The van der Waals surface area contributed by atoms with Crippen LogP contribution in [-0.4, -0.2) is 38.9 Å². The molecule has 130 valence electrons. The van der Waals surface area contributed by atoms with E-state index in [0.717, 1.165) is 17.0 Å². The first kappa shape index (κ1) is 17.7. The number of amides is 1. The van der Waals surface area contributed by atoms with Crippen LogP contribution in [0.2, 0.25) is 0 Å². The maximum Gasteiger partial charge on any atom is 0.251 e. The molecule has 0 saturated heterocycles. The van der Waals surface area contributed by atoms with Crippen LogP contribution in [-0.2, 0) is 6.42 Å². The third-order valence-electron chi connectivity index (χ3n) is 3.77. The Labute approximate surface area is 140 Å². The number of aromatic nitrogens is 1. The van der Waals surface area contributed by atoms with Crippen LogP contribution in [0.5, 0.6) is 17.2 Å². The van der Waals surface area contributed by atoms with Crippen molar-refractivity contribution in [1.29, 1.82) is 0 Å². The van der Waals surface area contributed by atoms with E-state index < -0.39 is 0 Å². The molecular weight excluding hydrogens is 312 g/mol. The zero-order chi connectivity index (χ0) is 17.7. The summed E-state index contributed by atoms with van der Waals surface area (Å²) >= 11 is 0. The second kappa shape index (κ2) is 7.72. The molecule has 7 heteroatoms. The average molecular weight is 334 g/mol. The number of nitrogens with one attached hydrogen (secondary N) is 1. The predicted molar refractivity (Wildman–Crippen MR) is 88.1 cm³/mol. The van der Waals surface area contributed by atoms with E-state index in [4.69, 9.17) is 18.7 Å². The molecule has 0 atom stereocenters. The van der Waals surface area contributed by atoms with Crippen molar-refractivity contribution in [1.82, 2.24) is 10.5 Å². The molecule has 0 aliphatic rings. The summed E-state index contributed by atoms with van der Waals surface area (Å²) in [5, 5.41) is 6.77. The van der Waals surface area contributed by atoms with Crippen molar-refractivity contribution < 1.29 is 23.5 Å². The third-order valence-corrected chi connectivity index (χ3v) is 3.77. The van der Waals surface area contributed by atoms with Crippen molar-refractivity contribution in [2.45, 2.75) is 20.3 Å². The summed E-state index contributed by atoms with van der Waals surface area (Å²) < 4.78 is 20.9. The van der Waals surface area contributed by atoms with Gasteiger partial charge in [0.05, 0.1) is 27.0 Å². The van der Waals surface area contributed by atoms with E-state index in [1.165, 1.54) is 21.3 Å². The summed E-state index contributed by atoms with van der Waals surface area (Å²) in [5.41, 5.74) is 2.29. The number of rotatable bonds is 7. The van der Waals surface area contributed by atoms with Crippen molar-refractivity contribution in [3.63, 3.8) is 0 Å². The maximum absolute atomic E-state index is 12.4. The number of benzene rings is 1. The molecular formula is C17H22N2O5. The molecule has 0 aliphatic heterocycles. The van der Waals surface area contributed by atoms with E-state index in [1.807, 2.05) is 13.8 Å². The summed E-state index contributed by atoms with van der Waals surface area (Å²) in [6, 6.07) is 3.24. The van der Waals surface area contributed by atoms with Crippen molar-refractivity contribution in [2.75, 3.05) is 27.9 Å². The van der Waals surface area contributed by atoms with E-state index in [0.29, 0.717) is 35.8 Å². The van der Waals surface area contributed by atoms with Gasteiger partial charge in [0.25, 0.3) is 5.91 Å². The van der Waals surface area contributed by atoms with E-state index >= 15 is 0 Å². The summed E-state index contributed by atoms with van der Waals surface area (Å²) in [6.07, 6.45) is 0.650. The van der Waals surface area contributed by atoms with Gasteiger partial charge in [0, 0.05) is 17.7 Å².